The summed E-state index contributed by atoms with van der Waals surface area (Å²) in [5.41, 5.74) is 0.798. The van der Waals surface area contributed by atoms with Crippen LogP contribution in [0.1, 0.15) is 44.1 Å². The lowest BCUT2D eigenvalue weighted by atomic mass is 9.49. The van der Waals surface area contributed by atoms with E-state index >= 15 is 0 Å². The molecule has 1 N–H and O–H groups in total. The number of rotatable bonds is 5. The second kappa shape index (κ2) is 7.86. The lowest BCUT2D eigenvalue weighted by Gasteiger charge is -2.55. The predicted molar refractivity (Wildman–Crippen MR) is 130 cm³/mol. The van der Waals surface area contributed by atoms with Gasteiger partial charge in [0.05, 0.1) is 7.11 Å². The Labute approximate surface area is 194 Å². The molecule has 0 saturated heterocycles. The zero-order valence-electron chi connectivity index (χ0n) is 19.2. The molecular formula is C29H31NO3. The van der Waals surface area contributed by atoms with Crippen molar-refractivity contribution in [3.8, 4) is 0 Å². The molecule has 1 atom stereocenters. The quantitative estimate of drug-likeness (QED) is 0.425. The van der Waals surface area contributed by atoms with Gasteiger partial charge in [-0.2, -0.15) is 0 Å². The third-order valence-electron chi connectivity index (χ3n) is 8.60. The summed E-state index contributed by atoms with van der Waals surface area (Å²) < 4.78 is 5.17. The standard InChI is InChI=1S/C29H31NO3/c1-33-27(31)26(30-28(32)29-15-18-10-19(16-29)12-20(11-18)17-29)14-25-23-8-4-2-6-21(23)13-22-7-3-5-9-24(22)25/h2-9,13,18-20,26H,10-12,14-17H2,1H3,(H,30,32)/t18?,19?,20?,26-,29?/m0/s1. The number of carbonyl (C=O) groups is 2. The van der Waals surface area contributed by atoms with Gasteiger partial charge in [-0.15, -0.1) is 0 Å². The minimum Gasteiger partial charge on any atom is -0.467 e. The Morgan fingerprint density at radius 3 is 1.94 bits per heavy atom. The average Bonchev–Trinajstić information content (AvgIpc) is 2.81. The molecule has 1 amide bonds. The fourth-order valence-electron chi connectivity index (χ4n) is 7.57. The Kier molecular flexibility index (Phi) is 4.93. The molecule has 0 unspecified atom stereocenters. The van der Waals surface area contributed by atoms with Crippen molar-refractivity contribution in [2.24, 2.45) is 23.2 Å². The number of hydrogen-bond acceptors (Lipinski definition) is 3. The highest BCUT2D eigenvalue weighted by Gasteiger charge is 2.55. The van der Waals surface area contributed by atoms with Crippen molar-refractivity contribution in [2.75, 3.05) is 7.11 Å². The summed E-state index contributed by atoms with van der Waals surface area (Å²) in [6.45, 7) is 0. The van der Waals surface area contributed by atoms with Crippen molar-refractivity contribution in [2.45, 2.75) is 51.0 Å². The Morgan fingerprint density at radius 2 is 1.42 bits per heavy atom. The van der Waals surface area contributed by atoms with Gasteiger partial charge in [-0.1, -0.05) is 48.5 Å². The Bertz CT molecular complexity index is 1160. The Hall–Kier alpha value is -2.88. The largest absolute Gasteiger partial charge is 0.467 e. The molecule has 0 heterocycles. The third-order valence-corrected chi connectivity index (χ3v) is 8.60. The van der Waals surface area contributed by atoms with E-state index in [1.807, 2.05) is 24.3 Å². The van der Waals surface area contributed by atoms with Crippen molar-refractivity contribution >= 4 is 33.4 Å². The number of nitrogens with one attached hydrogen (secondary N) is 1. The van der Waals surface area contributed by atoms with Crippen LogP contribution in [0.3, 0.4) is 0 Å². The van der Waals surface area contributed by atoms with Crippen LogP contribution in [-0.4, -0.2) is 25.0 Å². The van der Waals surface area contributed by atoms with E-state index in [9.17, 15) is 9.59 Å². The van der Waals surface area contributed by atoms with Crippen molar-refractivity contribution in [1.29, 1.82) is 0 Å². The van der Waals surface area contributed by atoms with Gasteiger partial charge >= 0.3 is 5.97 Å². The summed E-state index contributed by atoms with van der Waals surface area (Å²) in [6, 6.07) is 18.0. The maximum absolute atomic E-state index is 13.7. The fourth-order valence-corrected chi connectivity index (χ4v) is 7.57. The van der Waals surface area contributed by atoms with Crippen LogP contribution in [0.25, 0.3) is 21.5 Å². The number of amides is 1. The van der Waals surface area contributed by atoms with Crippen molar-refractivity contribution in [3.63, 3.8) is 0 Å². The number of carbonyl (C=O) groups excluding carboxylic acids is 2. The smallest absolute Gasteiger partial charge is 0.328 e. The van der Waals surface area contributed by atoms with Crippen LogP contribution in [0.15, 0.2) is 54.6 Å². The molecule has 0 spiro atoms. The minimum atomic E-state index is -0.690. The first-order chi connectivity index (χ1) is 16.0. The molecule has 4 aliphatic carbocycles. The maximum atomic E-state index is 13.7. The van der Waals surface area contributed by atoms with Gasteiger partial charge in [0, 0.05) is 11.8 Å². The molecular weight excluding hydrogens is 410 g/mol. The van der Waals surface area contributed by atoms with E-state index in [1.165, 1.54) is 26.4 Å². The average molecular weight is 442 g/mol. The predicted octanol–water partition coefficient (Wildman–Crippen LogP) is 5.41. The summed E-state index contributed by atoms with van der Waals surface area (Å²) in [5.74, 6) is 1.74. The number of methoxy groups -OCH3 is 1. The van der Waals surface area contributed by atoms with Crippen LogP contribution in [0.5, 0.6) is 0 Å². The minimum absolute atomic E-state index is 0.0709. The molecule has 4 aliphatic rings. The lowest BCUT2D eigenvalue weighted by Crippen LogP contribution is -2.56. The molecule has 4 bridgehead atoms. The third kappa shape index (κ3) is 3.51. The Balaban J connectivity index is 1.35. The van der Waals surface area contributed by atoms with Gasteiger partial charge in [0.15, 0.2) is 0 Å². The van der Waals surface area contributed by atoms with Crippen LogP contribution in [0.4, 0.5) is 0 Å². The molecule has 4 saturated carbocycles. The van der Waals surface area contributed by atoms with Crippen LogP contribution in [0.2, 0.25) is 0 Å². The molecule has 0 radical (unpaired) electrons. The molecule has 3 aromatic rings. The van der Waals surface area contributed by atoms with Crippen LogP contribution >= 0.6 is 0 Å². The molecule has 4 fully saturated rings. The first-order valence-corrected chi connectivity index (χ1v) is 12.3. The molecule has 0 aromatic heterocycles. The van der Waals surface area contributed by atoms with Gasteiger partial charge in [0.1, 0.15) is 6.04 Å². The van der Waals surface area contributed by atoms with Crippen molar-refractivity contribution in [1.82, 2.24) is 5.32 Å². The highest BCUT2D eigenvalue weighted by molar-refractivity contribution is 6.03. The summed E-state index contributed by atoms with van der Waals surface area (Å²) in [4.78, 5) is 26.6. The number of ether oxygens (including phenoxy) is 1. The van der Waals surface area contributed by atoms with Gasteiger partial charge in [-0.05, 0) is 89.5 Å². The second-order valence-corrected chi connectivity index (χ2v) is 10.7. The molecule has 3 aromatic carbocycles. The highest BCUT2D eigenvalue weighted by atomic mass is 16.5. The number of hydrogen-bond donors (Lipinski definition) is 1. The number of fused-ring (bicyclic) bond motifs is 2. The number of benzene rings is 3. The SMILES string of the molecule is COC(=O)[C@H](Cc1c2ccccc2cc2ccccc12)NC(=O)C12CC3CC(CC(C3)C1)C2. The lowest BCUT2D eigenvalue weighted by molar-refractivity contribution is -0.152. The molecule has 7 rings (SSSR count). The van der Waals surface area contributed by atoms with E-state index in [4.69, 9.17) is 4.74 Å². The van der Waals surface area contributed by atoms with E-state index in [-0.39, 0.29) is 17.3 Å². The van der Waals surface area contributed by atoms with Crippen molar-refractivity contribution in [3.05, 3.63) is 60.2 Å². The zero-order chi connectivity index (χ0) is 22.6. The molecule has 170 valence electrons. The van der Waals surface area contributed by atoms with Gasteiger partial charge in [0.25, 0.3) is 0 Å². The van der Waals surface area contributed by atoms with E-state index in [2.05, 4.69) is 35.6 Å². The number of esters is 1. The monoisotopic (exact) mass is 441 g/mol. The zero-order valence-corrected chi connectivity index (χ0v) is 19.2. The molecule has 0 aliphatic heterocycles. The highest BCUT2D eigenvalue weighted by Crippen LogP contribution is 2.60. The van der Waals surface area contributed by atoms with E-state index in [0.29, 0.717) is 24.2 Å². The van der Waals surface area contributed by atoms with E-state index < -0.39 is 6.04 Å². The van der Waals surface area contributed by atoms with Crippen molar-refractivity contribution < 1.29 is 14.3 Å². The van der Waals surface area contributed by atoms with E-state index in [0.717, 1.165) is 46.4 Å². The van der Waals surface area contributed by atoms with Crippen LogP contribution in [0, 0.1) is 23.2 Å². The summed E-state index contributed by atoms with van der Waals surface area (Å²) in [5, 5.41) is 7.71. The normalized spacial score (nSPS) is 28.7. The first kappa shape index (κ1) is 20.7. The summed E-state index contributed by atoms with van der Waals surface area (Å²) in [6.07, 6.45) is 7.23. The topological polar surface area (TPSA) is 55.4 Å². The van der Waals surface area contributed by atoms with Gasteiger partial charge in [-0.25, -0.2) is 4.79 Å². The van der Waals surface area contributed by atoms with Gasteiger partial charge in [-0.3, -0.25) is 4.79 Å². The second-order valence-electron chi connectivity index (χ2n) is 10.7. The van der Waals surface area contributed by atoms with Crippen LogP contribution < -0.4 is 5.32 Å². The molecule has 4 nitrogen and oxygen atoms in total. The van der Waals surface area contributed by atoms with Gasteiger partial charge in [0.2, 0.25) is 5.91 Å². The first-order valence-electron chi connectivity index (χ1n) is 12.3. The summed E-state index contributed by atoms with van der Waals surface area (Å²) in [7, 11) is 1.41. The fraction of sp³-hybridized carbons (Fsp3) is 0.448. The Morgan fingerprint density at radius 1 is 0.909 bits per heavy atom. The van der Waals surface area contributed by atoms with Crippen LogP contribution in [-0.2, 0) is 20.7 Å². The molecule has 33 heavy (non-hydrogen) atoms. The van der Waals surface area contributed by atoms with Gasteiger partial charge < -0.3 is 10.1 Å². The molecule has 4 heteroatoms. The van der Waals surface area contributed by atoms with E-state index in [1.54, 1.807) is 0 Å². The summed E-state index contributed by atoms with van der Waals surface area (Å²) >= 11 is 0. The maximum Gasteiger partial charge on any atom is 0.328 e.